The maximum absolute atomic E-state index is 12.1. The molecule has 0 fully saturated rings. The molecule has 0 aliphatic heterocycles. The molecule has 1 N–H and O–H groups in total. The highest BCUT2D eigenvalue weighted by Gasteiger charge is 2.05. The van der Waals surface area contributed by atoms with Gasteiger partial charge in [-0.1, -0.05) is 24.3 Å². The summed E-state index contributed by atoms with van der Waals surface area (Å²) in [7, 11) is 0. The predicted molar refractivity (Wildman–Crippen MR) is 98.1 cm³/mol. The van der Waals surface area contributed by atoms with E-state index in [-0.39, 0.29) is 5.91 Å². The molecule has 0 radical (unpaired) electrons. The molecule has 1 amide bonds. The number of benzene rings is 2. The van der Waals surface area contributed by atoms with E-state index in [0.29, 0.717) is 12.1 Å². The standard InChI is InChI=1S/C18H16IN3O/c19-17-6-4-16(5-7-17)18(23)21-11-14-2-1-3-15(10-14)12-22-9-8-20-13-22/h1-10,13H,11-12H2,(H,21,23). The number of imidazole rings is 1. The summed E-state index contributed by atoms with van der Waals surface area (Å²) in [6.07, 6.45) is 5.50. The summed E-state index contributed by atoms with van der Waals surface area (Å²) in [5.74, 6) is -0.0542. The van der Waals surface area contributed by atoms with E-state index in [1.54, 1.807) is 12.5 Å². The molecule has 0 aliphatic carbocycles. The number of nitrogens with zero attached hydrogens (tertiary/aromatic N) is 2. The number of rotatable bonds is 5. The lowest BCUT2D eigenvalue weighted by Gasteiger charge is -2.08. The highest BCUT2D eigenvalue weighted by Crippen LogP contribution is 2.09. The highest BCUT2D eigenvalue weighted by molar-refractivity contribution is 14.1. The van der Waals surface area contributed by atoms with Crippen LogP contribution in [0.5, 0.6) is 0 Å². The summed E-state index contributed by atoms with van der Waals surface area (Å²) in [5, 5.41) is 2.96. The number of amides is 1. The zero-order valence-electron chi connectivity index (χ0n) is 12.4. The van der Waals surface area contributed by atoms with E-state index in [1.807, 2.05) is 47.2 Å². The molecule has 1 heterocycles. The number of carbonyl (C=O) groups excluding carboxylic acids is 1. The van der Waals surface area contributed by atoms with Gasteiger partial charge in [0.15, 0.2) is 0 Å². The van der Waals surface area contributed by atoms with Crippen molar-refractivity contribution in [2.45, 2.75) is 13.1 Å². The molecule has 3 aromatic rings. The molecule has 2 aromatic carbocycles. The van der Waals surface area contributed by atoms with Crippen LogP contribution in [0.15, 0.2) is 67.3 Å². The van der Waals surface area contributed by atoms with Gasteiger partial charge in [-0.3, -0.25) is 4.79 Å². The minimum atomic E-state index is -0.0542. The lowest BCUT2D eigenvalue weighted by molar-refractivity contribution is 0.0951. The van der Waals surface area contributed by atoms with Crippen LogP contribution in [0.4, 0.5) is 0 Å². The van der Waals surface area contributed by atoms with Crippen LogP contribution in [0.1, 0.15) is 21.5 Å². The van der Waals surface area contributed by atoms with E-state index < -0.39 is 0 Å². The molecule has 5 heteroatoms. The van der Waals surface area contributed by atoms with Gasteiger partial charge in [0.1, 0.15) is 0 Å². The van der Waals surface area contributed by atoms with Crippen LogP contribution in [0.3, 0.4) is 0 Å². The second-order valence-electron chi connectivity index (χ2n) is 5.24. The van der Waals surface area contributed by atoms with Crippen molar-refractivity contribution in [3.63, 3.8) is 0 Å². The minimum Gasteiger partial charge on any atom is -0.348 e. The third-order valence-electron chi connectivity index (χ3n) is 3.48. The fourth-order valence-corrected chi connectivity index (χ4v) is 2.67. The summed E-state index contributed by atoms with van der Waals surface area (Å²) in [6.45, 7) is 1.29. The van der Waals surface area contributed by atoms with Gasteiger partial charge in [0.25, 0.3) is 5.91 Å². The van der Waals surface area contributed by atoms with Gasteiger partial charge in [-0.2, -0.15) is 0 Å². The first-order chi connectivity index (χ1) is 11.2. The molecule has 3 rings (SSSR count). The van der Waals surface area contributed by atoms with Crippen LogP contribution >= 0.6 is 22.6 Å². The topological polar surface area (TPSA) is 46.9 Å². The van der Waals surface area contributed by atoms with Gasteiger partial charge in [-0.15, -0.1) is 0 Å². The molecule has 0 unspecified atom stereocenters. The maximum atomic E-state index is 12.1. The molecule has 0 bridgehead atoms. The molecule has 0 saturated heterocycles. The molecule has 1 aromatic heterocycles. The molecule has 0 spiro atoms. The largest absolute Gasteiger partial charge is 0.348 e. The first kappa shape index (κ1) is 15.7. The Morgan fingerprint density at radius 3 is 2.65 bits per heavy atom. The molecular weight excluding hydrogens is 401 g/mol. The van der Waals surface area contributed by atoms with E-state index in [4.69, 9.17) is 0 Å². The number of nitrogens with one attached hydrogen (secondary N) is 1. The normalized spacial score (nSPS) is 10.5. The number of halogens is 1. The number of carbonyl (C=O) groups is 1. The first-order valence-electron chi connectivity index (χ1n) is 7.28. The second-order valence-corrected chi connectivity index (χ2v) is 6.49. The Balaban J connectivity index is 1.61. The molecule has 4 nitrogen and oxygen atoms in total. The second kappa shape index (κ2) is 7.41. The fraction of sp³-hybridized carbons (Fsp3) is 0.111. The van der Waals surface area contributed by atoms with Crippen LogP contribution in [0.25, 0.3) is 0 Å². The lowest BCUT2D eigenvalue weighted by Crippen LogP contribution is -2.22. The van der Waals surface area contributed by atoms with E-state index in [9.17, 15) is 4.79 Å². The van der Waals surface area contributed by atoms with Gasteiger partial charge in [0.2, 0.25) is 0 Å². The van der Waals surface area contributed by atoms with Crippen molar-refractivity contribution in [2.24, 2.45) is 0 Å². The molecular formula is C18H16IN3O. The Labute approximate surface area is 148 Å². The van der Waals surface area contributed by atoms with Crippen molar-refractivity contribution in [1.29, 1.82) is 0 Å². The molecule has 0 aliphatic rings. The Kier molecular flexibility index (Phi) is 5.07. The maximum Gasteiger partial charge on any atom is 0.251 e. The summed E-state index contributed by atoms with van der Waals surface area (Å²) >= 11 is 2.22. The quantitative estimate of drug-likeness (QED) is 0.647. The summed E-state index contributed by atoms with van der Waals surface area (Å²) < 4.78 is 3.13. The van der Waals surface area contributed by atoms with Crippen molar-refractivity contribution in [3.8, 4) is 0 Å². The van der Waals surface area contributed by atoms with Gasteiger partial charge in [0, 0.05) is 34.6 Å². The molecule has 116 valence electrons. The smallest absolute Gasteiger partial charge is 0.251 e. The number of hydrogen-bond acceptors (Lipinski definition) is 2. The van der Waals surface area contributed by atoms with Crippen molar-refractivity contribution < 1.29 is 4.79 Å². The zero-order chi connectivity index (χ0) is 16.1. The minimum absolute atomic E-state index is 0.0542. The van der Waals surface area contributed by atoms with Gasteiger partial charge < -0.3 is 9.88 Å². The SMILES string of the molecule is O=C(NCc1cccc(Cn2ccnc2)c1)c1ccc(I)cc1. The van der Waals surface area contributed by atoms with Crippen LogP contribution in [-0.4, -0.2) is 15.5 Å². The Bertz CT molecular complexity index is 782. The lowest BCUT2D eigenvalue weighted by atomic mass is 10.1. The van der Waals surface area contributed by atoms with Gasteiger partial charge >= 0.3 is 0 Å². The summed E-state index contributed by atoms with van der Waals surface area (Å²) in [5.41, 5.74) is 2.95. The van der Waals surface area contributed by atoms with Crippen molar-refractivity contribution in [1.82, 2.24) is 14.9 Å². The van der Waals surface area contributed by atoms with Crippen LogP contribution in [0.2, 0.25) is 0 Å². The predicted octanol–water partition coefficient (Wildman–Crippen LogP) is 3.47. The van der Waals surface area contributed by atoms with Gasteiger partial charge in [-0.05, 0) is 58.0 Å². The molecule has 23 heavy (non-hydrogen) atoms. The third-order valence-corrected chi connectivity index (χ3v) is 4.19. The Morgan fingerprint density at radius 2 is 1.91 bits per heavy atom. The van der Waals surface area contributed by atoms with Crippen LogP contribution in [-0.2, 0) is 13.1 Å². The van der Waals surface area contributed by atoms with E-state index >= 15 is 0 Å². The summed E-state index contributed by atoms with van der Waals surface area (Å²) in [4.78, 5) is 16.2. The van der Waals surface area contributed by atoms with Crippen LogP contribution in [0, 0.1) is 3.57 Å². The first-order valence-corrected chi connectivity index (χ1v) is 8.36. The fourth-order valence-electron chi connectivity index (χ4n) is 2.31. The zero-order valence-corrected chi connectivity index (χ0v) is 14.6. The Morgan fingerprint density at radius 1 is 1.13 bits per heavy atom. The van der Waals surface area contributed by atoms with Gasteiger partial charge in [0.05, 0.1) is 6.33 Å². The van der Waals surface area contributed by atoms with Crippen molar-refractivity contribution >= 4 is 28.5 Å². The van der Waals surface area contributed by atoms with Crippen molar-refractivity contribution in [3.05, 3.63) is 87.5 Å². The van der Waals surface area contributed by atoms with Crippen LogP contribution < -0.4 is 5.32 Å². The number of aromatic nitrogens is 2. The average Bonchev–Trinajstić information content (AvgIpc) is 3.07. The third kappa shape index (κ3) is 4.41. The highest BCUT2D eigenvalue weighted by atomic mass is 127. The molecule has 0 saturated carbocycles. The number of hydrogen-bond donors (Lipinski definition) is 1. The molecule has 0 atom stereocenters. The Hall–Kier alpha value is -2.15. The van der Waals surface area contributed by atoms with Gasteiger partial charge in [-0.25, -0.2) is 4.98 Å². The van der Waals surface area contributed by atoms with E-state index in [1.165, 1.54) is 5.56 Å². The van der Waals surface area contributed by atoms with E-state index in [2.05, 4.69) is 45.0 Å². The van der Waals surface area contributed by atoms with E-state index in [0.717, 1.165) is 15.7 Å². The van der Waals surface area contributed by atoms with Crippen molar-refractivity contribution in [2.75, 3.05) is 0 Å². The monoisotopic (exact) mass is 417 g/mol. The summed E-state index contributed by atoms with van der Waals surface area (Å²) in [6, 6.07) is 15.8. The average molecular weight is 417 g/mol.